The van der Waals surface area contributed by atoms with Gasteiger partial charge in [-0.2, -0.15) is 0 Å². The van der Waals surface area contributed by atoms with Crippen LogP contribution in [0.25, 0.3) is 0 Å². The van der Waals surface area contributed by atoms with E-state index in [0.29, 0.717) is 13.1 Å². The van der Waals surface area contributed by atoms with Gasteiger partial charge in [-0.15, -0.1) is 24.8 Å². The van der Waals surface area contributed by atoms with Gasteiger partial charge in [0.25, 0.3) is 0 Å². The van der Waals surface area contributed by atoms with Crippen LogP contribution in [0.3, 0.4) is 0 Å². The van der Waals surface area contributed by atoms with Crippen molar-refractivity contribution in [2.75, 3.05) is 33.2 Å². The van der Waals surface area contributed by atoms with Crippen molar-refractivity contribution in [3.8, 4) is 0 Å². The number of likely N-dealkylation sites (tertiary alicyclic amines) is 2. The zero-order chi connectivity index (χ0) is 19.5. The van der Waals surface area contributed by atoms with Crippen molar-refractivity contribution in [2.24, 2.45) is 11.7 Å². The summed E-state index contributed by atoms with van der Waals surface area (Å²) in [5.41, 5.74) is 7.88. The highest BCUT2D eigenvalue weighted by Gasteiger charge is 2.51. The highest BCUT2D eigenvalue weighted by Crippen LogP contribution is 2.45. The third-order valence-corrected chi connectivity index (χ3v) is 7.22. The predicted octanol–water partition coefficient (Wildman–Crippen LogP) is 0.897. The molecule has 0 aromatic carbocycles. The topological polar surface area (TPSA) is 98.6 Å². The Hall–Kier alpha value is -1.35. The van der Waals surface area contributed by atoms with E-state index in [9.17, 15) is 9.59 Å². The number of amides is 2. The van der Waals surface area contributed by atoms with Crippen LogP contribution >= 0.6 is 24.8 Å². The number of carbonyl (C=O) groups is 2. The summed E-state index contributed by atoms with van der Waals surface area (Å²) < 4.78 is 0. The zero-order valence-corrected chi connectivity index (χ0v) is 19.0. The molecule has 1 aromatic rings. The van der Waals surface area contributed by atoms with Crippen LogP contribution in [0.4, 0.5) is 0 Å². The average molecular weight is 459 g/mol. The molecule has 2 atom stereocenters. The predicted molar refractivity (Wildman–Crippen MR) is 118 cm³/mol. The van der Waals surface area contributed by atoms with E-state index in [1.165, 1.54) is 0 Å². The number of carbonyl (C=O) groups excluding carboxylic acids is 2. The molecule has 0 radical (unpaired) electrons. The maximum absolute atomic E-state index is 13.1. The lowest BCUT2D eigenvalue weighted by Gasteiger charge is -2.51. The summed E-state index contributed by atoms with van der Waals surface area (Å²) in [6, 6.07) is -0.0350. The second kappa shape index (κ2) is 8.65. The molecule has 3 N–H and O–H groups in total. The van der Waals surface area contributed by atoms with E-state index in [-0.39, 0.29) is 60.2 Å². The van der Waals surface area contributed by atoms with Gasteiger partial charge in [-0.05, 0) is 39.2 Å². The molecule has 1 spiro atoms. The molecule has 1 aromatic heterocycles. The lowest BCUT2D eigenvalue weighted by atomic mass is 9.78. The number of imidazole rings is 1. The summed E-state index contributed by atoms with van der Waals surface area (Å²) in [5, 5.41) is 0. The number of rotatable bonds is 2. The quantitative estimate of drug-likeness (QED) is 0.685. The van der Waals surface area contributed by atoms with Crippen molar-refractivity contribution in [1.82, 2.24) is 24.7 Å². The number of halogens is 2. The number of fused-ring (bicyclic) bond motifs is 2. The van der Waals surface area contributed by atoms with Crippen LogP contribution < -0.4 is 5.73 Å². The lowest BCUT2D eigenvalue weighted by molar-refractivity contribution is -0.146. The number of nitrogens with one attached hydrogen (secondary N) is 1. The average Bonchev–Trinajstić information content (AvgIpc) is 3.33. The number of aromatic amines is 1. The molecular weight excluding hydrogens is 427 g/mol. The van der Waals surface area contributed by atoms with Gasteiger partial charge < -0.3 is 20.5 Å². The fourth-order valence-electron chi connectivity index (χ4n) is 5.49. The third kappa shape index (κ3) is 3.72. The number of aromatic nitrogens is 2. The van der Waals surface area contributed by atoms with Crippen LogP contribution in [0.5, 0.6) is 0 Å². The summed E-state index contributed by atoms with van der Waals surface area (Å²) in [4.78, 5) is 40.2. The van der Waals surface area contributed by atoms with Gasteiger partial charge in [0.15, 0.2) is 0 Å². The Bertz CT molecular complexity index is 790. The minimum atomic E-state index is -0.359. The first-order valence-corrected chi connectivity index (χ1v) is 10.6. The Morgan fingerprint density at radius 3 is 2.47 bits per heavy atom. The fraction of sp³-hybridized carbons (Fsp3) is 0.750. The molecule has 2 amide bonds. The van der Waals surface area contributed by atoms with Gasteiger partial charge in [0.05, 0.1) is 23.6 Å². The first-order valence-electron chi connectivity index (χ1n) is 10.6. The smallest absolute Gasteiger partial charge is 0.239 e. The number of likely N-dealkylation sites (N-methyl/N-ethyl adjacent to an activating group) is 1. The summed E-state index contributed by atoms with van der Waals surface area (Å²) in [6.07, 6.45) is 6.87. The standard InChI is InChI=1S/C20H30N6O2.2ClH/c1-24-11-14(21)10-16(24)19(28)25-8-5-20(6-9-25)17-15(22-12-23-17)4-7-26(20)18(27)13-2-3-13;;/h12-14,16H,2-11,21H2,1H3,(H,22,23);2*1H/t14-,16-;;/m0../s1. The molecule has 1 aliphatic carbocycles. The lowest BCUT2D eigenvalue weighted by Crippen LogP contribution is -2.60. The van der Waals surface area contributed by atoms with Gasteiger partial charge in [0.2, 0.25) is 11.8 Å². The van der Waals surface area contributed by atoms with Crippen LogP contribution in [-0.4, -0.2) is 81.8 Å². The number of hydrogen-bond acceptors (Lipinski definition) is 5. The van der Waals surface area contributed by atoms with Crippen LogP contribution in [0.2, 0.25) is 0 Å². The number of piperidine rings is 1. The Balaban J connectivity index is 0.00000128. The number of hydrogen-bond donors (Lipinski definition) is 2. The molecule has 8 nitrogen and oxygen atoms in total. The SMILES string of the molecule is CN1C[C@@H](N)C[C@H]1C(=O)N1CCC2(CC1)c1nc[nH]c1CCN2C(=O)C1CC1.Cl.Cl. The molecule has 2 saturated heterocycles. The number of H-pyrrole nitrogens is 1. The molecule has 3 fully saturated rings. The molecule has 168 valence electrons. The van der Waals surface area contributed by atoms with Crippen LogP contribution in [0, 0.1) is 5.92 Å². The first-order chi connectivity index (χ1) is 13.5. The van der Waals surface area contributed by atoms with E-state index in [1.807, 2.05) is 11.9 Å². The van der Waals surface area contributed by atoms with E-state index in [2.05, 4.69) is 19.8 Å². The van der Waals surface area contributed by atoms with Gasteiger partial charge in [-0.25, -0.2) is 4.98 Å². The minimum Gasteiger partial charge on any atom is -0.348 e. The van der Waals surface area contributed by atoms with E-state index in [1.54, 1.807) is 6.33 Å². The monoisotopic (exact) mass is 458 g/mol. The summed E-state index contributed by atoms with van der Waals surface area (Å²) in [6.45, 7) is 2.85. The van der Waals surface area contributed by atoms with Gasteiger partial charge in [-0.3, -0.25) is 14.5 Å². The molecule has 1 saturated carbocycles. The van der Waals surface area contributed by atoms with Crippen molar-refractivity contribution >= 4 is 36.6 Å². The van der Waals surface area contributed by atoms with Gasteiger partial charge in [0, 0.05) is 50.3 Å². The van der Waals surface area contributed by atoms with Crippen molar-refractivity contribution in [3.05, 3.63) is 17.7 Å². The zero-order valence-electron chi connectivity index (χ0n) is 17.4. The molecule has 30 heavy (non-hydrogen) atoms. The fourth-order valence-corrected chi connectivity index (χ4v) is 5.49. The highest BCUT2D eigenvalue weighted by atomic mass is 35.5. The van der Waals surface area contributed by atoms with Crippen LogP contribution in [0.1, 0.15) is 43.5 Å². The van der Waals surface area contributed by atoms with Gasteiger partial charge in [-0.1, -0.05) is 0 Å². The molecular formula is C20H32Cl2N6O2. The van der Waals surface area contributed by atoms with Crippen LogP contribution in [0.15, 0.2) is 6.33 Å². The second-order valence-corrected chi connectivity index (χ2v) is 9.05. The summed E-state index contributed by atoms with van der Waals surface area (Å²) in [5.74, 6) is 0.670. The molecule has 0 bridgehead atoms. The summed E-state index contributed by atoms with van der Waals surface area (Å²) >= 11 is 0. The molecule has 0 unspecified atom stereocenters. The Labute approximate surface area is 189 Å². The van der Waals surface area contributed by atoms with Crippen molar-refractivity contribution in [2.45, 2.75) is 56.1 Å². The third-order valence-electron chi connectivity index (χ3n) is 7.22. The molecule has 10 heteroatoms. The first kappa shape index (κ1) is 23.3. The van der Waals surface area contributed by atoms with E-state index >= 15 is 0 Å². The minimum absolute atomic E-state index is 0. The molecule has 3 aliphatic heterocycles. The van der Waals surface area contributed by atoms with Crippen molar-refractivity contribution < 1.29 is 9.59 Å². The molecule has 5 rings (SSSR count). The van der Waals surface area contributed by atoms with Gasteiger partial charge >= 0.3 is 0 Å². The number of nitrogens with two attached hydrogens (primary N) is 1. The van der Waals surface area contributed by atoms with E-state index in [4.69, 9.17) is 5.73 Å². The molecule has 4 aliphatic rings. The van der Waals surface area contributed by atoms with Crippen LogP contribution in [-0.2, 0) is 21.5 Å². The Kier molecular flexibility index (Phi) is 6.72. The Morgan fingerprint density at radius 1 is 1.17 bits per heavy atom. The summed E-state index contributed by atoms with van der Waals surface area (Å²) in [7, 11) is 1.98. The normalized spacial score (nSPS) is 27.9. The van der Waals surface area contributed by atoms with Crippen molar-refractivity contribution in [1.29, 1.82) is 0 Å². The van der Waals surface area contributed by atoms with E-state index < -0.39 is 0 Å². The maximum atomic E-state index is 13.1. The van der Waals surface area contributed by atoms with E-state index in [0.717, 1.165) is 63.0 Å². The van der Waals surface area contributed by atoms with Gasteiger partial charge in [0.1, 0.15) is 0 Å². The maximum Gasteiger partial charge on any atom is 0.239 e. The number of nitrogens with zero attached hydrogens (tertiary/aromatic N) is 4. The molecule has 4 heterocycles. The largest absolute Gasteiger partial charge is 0.348 e. The van der Waals surface area contributed by atoms with Crippen molar-refractivity contribution in [3.63, 3.8) is 0 Å². The Morgan fingerprint density at radius 2 is 1.87 bits per heavy atom. The highest BCUT2D eigenvalue weighted by molar-refractivity contribution is 5.86. The second-order valence-electron chi connectivity index (χ2n) is 9.05.